The Balaban J connectivity index is 0. The zero-order valence-corrected chi connectivity index (χ0v) is 13.0. The average Bonchev–Trinajstić information content (AvgIpc) is 1.97. The fraction of sp³-hybridized carbons (Fsp3) is 0.833. The molecule has 0 bridgehead atoms. The molecular formula is C6H12NNaO3S3. The molecule has 0 fully saturated rings. The molecule has 0 saturated carbocycles. The van der Waals surface area contributed by atoms with Crippen LogP contribution in [0.1, 0.15) is 6.42 Å². The number of rotatable bonds is 4. The van der Waals surface area contributed by atoms with Crippen molar-refractivity contribution in [2.75, 3.05) is 19.8 Å². The van der Waals surface area contributed by atoms with Crippen LogP contribution in [-0.2, 0) is 10.1 Å². The normalized spacial score (nSPS) is 12.9. The van der Waals surface area contributed by atoms with Gasteiger partial charge in [-0.1, -0.05) is 12.2 Å². The van der Waals surface area contributed by atoms with Crippen LogP contribution < -0.4 is 29.6 Å². The van der Waals surface area contributed by atoms with Gasteiger partial charge in [0, 0.05) is 19.8 Å². The first-order valence-electron chi connectivity index (χ1n) is 3.57. The van der Waals surface area contributed by atoms with E-state index < -0.39 is 15.9 Å². The van der Waals surface area contributed by atoms with Crippen LogP contribution in [-0.4, -0.2) is 48.0 Å². The van der Waals surface area contributed by atoms with E-state index in [1.54, 1.807) is 19.0 Å². The van der Waals surface area contributed by atoms with Crippen LogP contribution in [0.25, 0.3) is 0 Å². The molecule has 0 aromatic carbocycles. The predicted octanol–water partition coefficient (Wildman–Crippen LogP) is -2.89. The maximum absolute atomic E-state index is 10.3. The van der Waals surface area contributed by atoms with Crippen molar-refractivity contribution in [1.82, 2.24) is 4.90 Å². The third kappa shape index (κ3) is 8.46. The zero-order valence-electron chi connectivity index (χ0n) is 8.43. The van der Waals surface area contributed by atoms with Gasteiger partial charge in [0.15, 0.2) is 0 Å². The molecule has 0 heterocycles. The second-order valence-electron chi connectivity index (χ2n) is 2.80. The fourth-order valence-electron chi connectivity index (χ4n) is 0.677. The topological polar surface area (TPSA) is 60.4 Å². The van der Waals surface area contributed by atoms with Crippen LogP contribution in [0.4, 0.5) is 0 Å². The molecule has 0 spiro atoms. The minimum atomic E-state index is -4.16. The standard InChI is InChI=1S/C6H13NO3S3.Na/c1-7(2)6(12)5(11)3-4-13(8,9)10;/h5,11H,3-4H2,1-2H3,(H,8,9,10);/q;+1/p-1. The first-order chi connectivity index (χ1) is 5.74. The van der Waals surface area contributed by atoms with Crippen molar-refractivity contribution >= 4 is 40.0 Å². The van der Waals surface area contributed by atoms with Crippen molar-refractivity contribution in [2.45, 2.75) is 11.7 Å². The molecule has 0 aliphatic carbocycles. The smallest absolute Gasteiger partial charge is 0.748 e. The van der Waals surface area contributed by atoms with Crippen LogP contribution in [0.5, 0.6) is 0 Å². The molecule has 8 heteroatoms. The van der Waals surface area contributed by atoms with Gasteiger partial charge < -0.3 is 9.45 Å². The van der Waals surface area contributed by atoms with Crippen molar-refractivity contribution in [3.8, 4) is 0 Å². The molecule has 0 amide bonds. The summed E-state index contributed by atoms with van der Waals surface area (Å²) in [6.45, 7) is 0. The second kappa shape index (κ2) is 7.43. The number of hydrogen-bond acceptors (Lipinski definition) is 5. The van der Waals surface area contributed by atoms with Crippen molar-refractivity contribution in [1.29, 1.82) is 0 Å². The molecule has 0 N–H and O–H groups in total. The Kier molecular flexibility index (Phi) is 9.31. The van der Waals surface area contributed by atoms with Crippen molar-refractivity contribution in [2.24, 2.45) is 0 Å². The zero-order chi connectivity index (χ0) is 10.6. The van der Waals surface area contributed by atoms with Crippen LogP contribution in [0.15, 0.2) is 0 Å². The van der Waals surface area contributed by atoms with E-state index in [2.05, 4.69) is 12.6 Å². The van der Waals surface area contributed by atoms with Gasteiger partial charge >= 0.3 is 29.6 Å². The van der Waals surface area contributed by atoms with Crippen LogP contribution >= 0.6 is 24.8 Å². The van der Waals surface area contributed by atoms with Gasteiger partial charge in [0.25, 0.3) is 0 Å². The Morgan fingerprint density at radius 2 is 2.00 bits per heavy atom. The molecule has 0 aliphatic heterocycles. The molecule has 14 heavy (non-hydrogen) atoms. The Labute approximate surface area is 118 Å². The van der Waals surface area contributed by atoms with Gasteiger partial charge in [0.1, 0.15) is 0 Å². The van der Waals surface area contributed by atoms with E-state index in [1.165, 1.54) is 0 Å². The Bertz CT molecular complexity index is 278. The first-order valence-corrected chi connectivity index (χ1v) is 6.07. The average molecular weight is 265 g/mol. The molecule has 0 saturated heterocycles. The molecule has 0 rings (SSSR count). The van der Waals surface area contributed by atoms with Crippen LogP contribution in [0.2, 0.25) is 0 Å². The molecule has 1 atom stereocenters. The van der Waals surface area contributed by atoms with Gasteiger partial charge in [-0.2, -0.15) is 12.6 Å². The molecule has 4 nitrogen and oxygen atoms in total. The summed E-state index contributed by atoms with van der Waals surface area (Å²) in [7, 11) is -0.661. The summed E-state index contributed by atoms with van der Waals surface area (Å²) in [5.74, 6) is -0.421. The summed E-state index contributed by atoms with van der Waals surface area (Å²) in [6, 6.07) is 0. The number of nitrogens with zero attached hydrogens (tertiary/aromatic N) is 1. The molecular weight excluding hydrogens is 253 g/mol. The number of hydrogen-bond donors (Lipinski definition) is 1. The number of thiol groups is 1. The molecule has 0 aliphatic rings. The molecule has 0 aromatic heterocycles. The van der Waals surface area contributed by atoms with E-state index in [0.29, 0.717) is 4.99 Å². The van der Waals surface area contributed by atoms with Gasteiger partial charge in [-0.05, 0) is 6.42 Å². The largest absolute Gasteiger partial charge is 1.00 e. The van der Waals surface area contributed by atoms with Gasteiger partial charge in [-0.15, -0.1) is 0 Å². The Hall–Kier alpha value is 1.15. The molecule has 0 aromatic rings. The van der Waals surface area contributed by atoms with Crippen LogP contribution in [0, 0.1) is 0 Å². The molecule has 78 valence electrons. The van der Waals surface area contributed by atoms with Gasteiger partial charge in [0.2, 0.25) is 0 Å². The summed E-state index contributed by atoms with van der Waals surface area (Å²) < 4.78 is 30.8. The van der Waals surface area contributed by atoms with E-state index in [1.807, 2.05) is 0 Å². The maximum Gasteiger partial charge on any atom is 1.00 e. The summed E-state index contributed by atoms with van der Waals surface area (Å²) >= 11 is 9.03. The third-order valence-electron chi connectivity index (χ3n) is 1.37. The van der Waals surface area contributed by atoms with Crippen molar-refractivity contribution < 1.29 is 42.5 Å². The summed E-state index contributed by atoms with van der Waals surface area (Å²) in [5, 5.41) is -0.353. The first kappa shape index (κ1) is 17.5. The Morgan fingerprint density at radius 3 is 2.29 bits per heavy atom. The van der Waals surface area contributed by atoms with Crippen molar-refractivity contribution in [3.05, 3.63) is 0 Å². The van der Waals surface area contributed by atoms with Gasteiger partial charge in [-0.25, -0.2) is 8.42 Å². The maximum atomic E-state index is 10.3. The van der Waals surface area contributed by atoms with E-state index in [-0.39, 0.29) is 41.2 Å². The minimum absolute atomic E-state index is 0. The number of thiocarbonyl (C=S) groups is 1. The van der Waals surface area contributed by atoms with E-state index in [4.69, 9.17) is 12.2 Å². The monoisotopic (exact) mass is 265 g/mol. The van der Waals surface area contributed by atoms with E-state index >= 15 is 0 Å². The quantitative estimate of drug-likeness (QED) is 0.256. The van der Waals surface area contributed by atoms with Gasteiger partial charge in [-0.3, -0.25) is 0 Å². The summed E-state index contributed by atoms with van der Waals surface area (Å²) in [5.41, 5.74) is 0. The summed E-state index contributed by atoms with van der Waals surface area (Å²) in [6.07, 6.45) is 0.159. The second-order valence-corrected chi connectivity index (χ2v) is 5.36. The van der Waals surface area contributed by atoms with E-state index in [9.17, 15) is 13.0 Å². The van der Waals surface area contributed by atoms with Crippen molar-refractivity contribution in [3.63, 3.8) is 0 Å². The fourth-order valence-corrected chi connectivity index (χ4v) is 1.85. The Morgan fingerprint density at radius 1 is 1.57 bits per heavy atom. The molecule has 1 unspecified atom stereocenters. The minimum Gasteiger partial charge on any atom is -0.748 e. The molecule has 0 radical (unpaired) electrons. The summed E-state index contributed by atoms with van der Waals surface area (Å²) in [4.78, 5) is 2.21. The van der Waals surface area contributed by atoms with Crippen LogP contribution in [0.3, 0.4) is 0 Å². The third-order valence-corrected chi connectivity index (χ3v) is 3.43. The predicted molar refractivity (Wildman–Crippen MR) is 58.2 cm³/mol. The van der Waals surface area contributed by atoms with Gasteiger partial charge in [0.05, 0.1) is 20.4 Å². The SMILES string of the molecule is CN(C)C(=S)C(S)CCS(=O)(=O)[O-].[Na+]. The van der Waals surface area contributed by atoms with E-state index in [0.717, 1.165) is 0 Å².